The summed E-state index contributed by atoms with van der Waals surface area (Å²) in [5.41, 5.74) is 3.21. The number of carbonyl (C=O) groups excluding carboxylic acids is 1. The minimum absolute atomic E-state index is 0.339. The predicted octanol–water partition coefficient (Wildman–Crippen LogP) is 2.24. The molecule has 0 spiro atoms. The van der Waals surface area contributed by atoms with Gasteiger partial charge in [-0.15, -0.1) is 0 Å². The minimum atomic E-state index is -0.339. The molecule has 2 aromatic rings. The Morgan fingerprint density at radius 3 is 3.07 bits per heavy atom. The first-order chi connectivity index (χ1) is 7.26. The van der Waals surface area contributed by atoms with E-state index in [0.29, 0.717) is 10.9 Å². The first-order valence-electron chi connectivity index (χ1n) is 4.36. The maximum atomic E-state index is 11.4. The number of imidazole rings is 1. The van der Waals surface area contributed by atoms with Gasteiger partial charge in [0.15, 0.2) is 0 Å². The fourth-order valence-electron chi connectivity index (χ4n) is 1.46. The van der Waals surface area contributed by atoms with E-state index >= 15 is 0 Å². The number of esters is 1. The van der Waals surface area contributed by atoms with Gasteiger partial charge in [-0.1, -0.05) is 15.9 Å². The average Bonchev–Trinajstić information content (AvgIpc) is 2.74. The third-order valence-corrected chi connectivity index (χ3v) is 2.77. The molecule has 2 rings (SSSR count). The zero-order valence-corrected chi connectivity index (χ0v) is 9.67. The largest absolute Gasteiger partial charge is 0.465 e. The highest BCUT2D eigenvalue weighted by Crippen LogP contribution is 2.20. The molecule has 0 saturated carbocycles. The molecule has 1 aromatic heterocycles. The summed E-state index contributed by atoms with van der Waals surface area (Å²) in [6, 6.07) is 3.52. The van der Waals surface area contributed by atoms with Crippen LogP contribution in [0.2, 0.25) is 0 Å². The molecule has 0 atom stereocenters. The summed E-state index contributed by atoms with van der Waals surface area (Å²) < 4.78 is 4.67. The van der Waals surface area contributed by atoms with E-state index in [0.717, 1.165) is 16.6 Å². The number of nitrogens with one attached hydrogen (secondary N) is 1. The molecule has 1 N–H and O–H groups in total. The number of aromatic amines is 1. The molecule has 0 unspecified atom stereocenters. The van der Waals surface area contributed by atoms with Gasteiger partial charge in [-0.3, -0.25) is 0 Å². The third kappa shape index (κ3) is 1.74. The Hall–Kier alpha value is -1.36. The zero-order valence-electron chi connectivity index (χ0n) is 8.08. The number of carbonyl (C=O) groups is 1. The summed E-state index contributed by atoms with van der Waals surface area (Å²) in [6.07, 6.45) is 1.61. The molecule has 15 heavy (non-hydrogen) atoms. The molecule has 5 heteroatoms. The predicted molar refractivity (Wildman–Crippen MR) is 60.1 cm³/mol. The Labute approximate surface area is 94.8 Å². The molecular formula is C10H9BrN2O2. The van der Waals surface area contributed by atoms with E-state index in [4.69, 9.17) is 0 Å². The molecule has 1 heterocycles. The van der Waals surface area contributed by atoms with E-state index in [1.807, 2.05) is 0 Å². The monoisotopic (exact) mass is 268 g/mol. The Morgan fingerprint density at radius 1 is 1.60 bits per heavy atom. The second-order valence-electron chi connectivity index (χ2n) is 3.06. The van der Waals surface area contributed by atoms with Crippen LogP contribution in [0.4, 0.5) is 0 Å². The number of methoxy groups -OCH3 is 1. The Bertz CT molecular complexity index is 507. The first kappa shape index (κ1) is 10.2. The maximum absolute atomic E-state index is 11.4. The van der Waals surface area contributed by atoms with Crippen LogP contribution in [0, 0.1) is 0 Å². The van der Waals surface area contributed by atoms with Crippen molar-refractivity contribution >= 4 is 32.9 Å². The van der Waals surface area contributed by atoms with Gasteiger partial charge in [0.1, 0.15) is 0 Å². The summed E-state index contributed by atoms with van der Waals surface area (Å²) in [5.74, 6) is -0.339. The third-order valence-electron chi connectivity index (χ3n) is 2.17. The van der Waals surface area contributed by atoms with Crippen molar-refractivity contribution in [2.24, 2.45) is 0 Å². The summed E-state index contributed by atoms with van der Waals surface area (Å²) >= 11 is 3.36. The number of aromatic nitrogens is 2. The molecule has 78 valence electrons. The molecule has 1 aromatic carbocycles. The Balaban J connectivity index is 2.63. The van der Waals surface area contributed by atoms with Crippen molar-refractivity contribution in [1.29, 1.82) is 0 Å². The van der Waals surface area contributed by atoms with Crippen LogP contribution in [-0.2, 0) is 10.1 Å². The highest BCUT2D eigenvalue weighted by molar-refractivity contribution is 9.08. The molecule has 0 amide bonds. The number of halogens is 1. The molecule has 0 saturated heterocycles. The lowest BCUT2D eigenvalue weighted by Crippen LogP contribution is -2.02. The van der Waals surface area contributed by atoms with Crippen LogP contribution in [-0.4, -0.2) is 23.0 Å². The van der Waals surface area contributed by atoms with Crippen molar-refractivity contribution in [2.75, 3.05) is 7.11 Å². The van der Waals surface area contributed by atoms with Crippen LogP contribution in [0.5, 0.6) is 0 Å². The van der Waals surface area contributed by atoms with Crippen LogP contribution in [0.15, 0.2) is 18.5 Å². The van der Waals surface area contributed by atoms with Gasteiger partial charge in [0.25, 0.3) is 0 Å². The van der Waals surface area contributed by atoms with Crippen molar-refractivity contribution in [3.8, 4) is 0 Å². The van der Waals surface area contributed by atoms with Crippen molar-refractivity contribution in [3.05, 3.63) is 29.6 Å². The summed E-state index contributed by atoms with van der Waals surface area (Å²) in [6.45, 7) is 0. The van der Waals surface area contributed by atoms with Crippen molar-refractivity contribution in [2.45, 2.75) is 5.33 Å². The van der Waals surface area contributed by atoms with Crippen molar-refractivity contribution in [1.82, 2.24) is 9.97 Å². The molecule has 0 radical (unpaired) electrons. The van der Waals surface area contributed by atoms with E-state index in [1.165, 1.54) is 7.11 Å². The van der Waals surface area contributed by atoms with Crippen molar-refractivity contribution in [3.63, 3.8) is 0 Å². The lowest BCUT2D eigenvalue weighted by molar-refractivity contribution is 0.0601. The van der Waals surface area contributed by atoms with Gasteiger partial charge in [-0.25, -0.2) is 9.78 Å². The van der Waals surface area contributed by atoms with Gasteiger partial charge in [-0.2, -0.15) is 0 Å². The number of rotatable bonds is 2. The van der Waals surface area contributed by atoms with Gasteiger partial charge in [0.2, 0.25) is 0 Å². The van der Waals surface area contributed by atoms with E-state index < -0.39 is 0 Å². The number of benzene rings is 1. The fourth-order valence-corrected chi connectivity index (χ4v) is 1.89. The zero-order chi connectivity index (χ0) is 10.8. The number of hydrogen-bond donors (Lipinski definition) is 1. The van der Waals surface area contributed by atoms with E-state index in [-0.39, 0.29) is 5.97 Å². The van der Waals surface area contributed by atoms with E-state index in [1.54, 1.807) is 18.5 Å². The van der Waals surface area contributed by atoms with Gasteiger partial charge < -0.3 is 9.72 Å². The maximum Gasteiger partial charge on any atom is 0.337 e. The number of fused-ring (bicyclic) bond motifs is 1. The quantitative estimate of drug-likeness (QED) is 0.672. The molecular weight excluding hydrogens is 260 g/mol. The van der Waals surface area contributed by atoms with Crippen LogP contribution in [0.25, 0.3) is 11.0 Å². The van der Waals surface area contributed by atoms with Crippen LogP contribution in [0.1, 0.15) is 15.9 Å². The molecule has 4 nitrogen and oxygen atoms in total. The highest BCUT2D eigenvalue weighted by atomic mass is 79.9. The Kier molecular flexibility index (Phi) is 2.73. The van der Waals surface area contributed by atoms with Crippen LogP contribution in [0.3, 0.4) is 0 Å². The normalized spacial score (nSPS) is 10.5. The van der Waals surface area contributed by atoms with Crippen LogP contribution < -0.4 is 0 Å². The highest BCUT2D eigenvalue weighted by Gasteiger charge is 2.11. The lowest BCUT2D eigenvalue weighted by Gasteiger charge is -2.02. The lowest BCUT2D eigenvalue weighted by atomic mass is 10.1. The SMILES string of the molecule is COC(=O)c1cc(CBr)c2nc[nH]c2c1. The number of hydrogen-bond acceptors (Lipinski definition) is 3. The smallest absolute Gasteiger partial charge is 0.337 e. The summed E-state index contributed by atoms with van der Waals surface area (Å²) in [4.78, 5) is 18.5. The number of alkyl halides is 1. The Morgan fingerprint density at radius 2 is 2.40 bits per heavy atom. The topological polar surface area (TPSA) is 55.0 Å². The molecule has 0 aliphatic rings. The molecule has 0 fully saturated rings. The van der Waals surface area contributed by atoms with E-state index in [2.05, 4.69) is 30.6 Å². The molecule has 0 bridgehead atoms. The number of nitrogens with zero attached hydrogens (tertiary/aromatic N) is 1. The van der Waals surface area contributed by atoms with Gasteiger partial charge in [0, 0.05) is 5.33 Å². The number of H-pyrrole nitrogens is 1. The molecule has 0 aliphatic carbocycles. The summed E-state index contributed by atoms with van der Waals surface area (Å²) in [7, 11) is 1.37. The number of ether oxygens (including phenoxy) is 1. The van der Waals surface area contributed by atoms with Gasteiger partial charge in [0.05, 0.1) is 30.0 Å². The van der Waals surface area contributed by atoms with Crippen molar-refractivity contribution < 1.29 is 9.53 Å². The summed E-state index contributed by atoms with van der Waals surface area (Å²) in [5, 5.41) is 0.652. The van der Waals surface area contributed by atoms with E-state index in [9.17, 15) is 4.79 Å². The second kappa shape index (κ2) is 4.02. The molecule has 0 aliphatic heterocycles. The first-order valence-corrected chi connectivity index (χ1v) is 5.48. The standard InChI is InChI=1S/C10H9BrN2O2/c1-15-10(14)6-2-7(4-11)9-8(3-6)12-5-13-9/h2-3,5H,4H2,1H3,(H,12,13). The van der Waals surface area contributed by atoms with Gasteiger partial charge in [-0.05, 0) is 17.7 Å². The van der Waals surface area contributed by atoms with Gasteiger partial charge >= 0.3 is 5.97 Å². The second-order valence-corrected chi connectivity index (χ2v) is 3.62. The average molecular weight is 269 g/mol. The fraction of sp³-hybridized carbons (Fsp3) is 0.200. The van der Waals surface area contributed by atoms with Crippen LogP contribution >= 0.6 is 15.9 Å². The minimum Gasteiger partial charge on any atom is -0.465 e.